The minimum absolute atomic E-state index is 0.175. The second kappa shape index (κ2) is 3.06. The van der Waals surface area contributed by atoms with E-state index < -0.39 is 5.97 Å². The van der Waals surface area contributed by atoms with Crippen LogP contribution in [0, 0.1) is 12.7 Å². The molecule has 0 atom stereocenters. The minimum atomic E-state index is -1.01. The molecule has 1 heterocycles. The molecule has 72 valence electrons. The molecule has 1 aromatic carbocycles. The van der Waals surface area contributed by atoms with Crippen molar-refractivity contribution in [3.8, 4) is 0 Å². The number of carboxylic acids is 1. The van der Waals surface area contributed by atoms with E-state index in [-0.39, 0.29) is 11.4 Å². The van der Waals surface area contributed by atoms with E-state index >= 15 is 0 Å². The van der Waals surface area contributed by atoms with E-state index in [1.807, 2.05) is 0 Å². The molecule has 2 rings (SSSR count). The Morgan fingerprint density at radius 2 is 2.29 bits per heavy atom. The lowest BCUT2D eigenvalue weighted by molar-refractivity contribution is 0.0699. The number of halogens is 1. The van der Waals surface area contributed by atoms with Crippen molar-refractivity contribution in [2.75, 3.05) is 0 Å². The first-order chi connectivity index (χ1) is 6.61. The lowest BCUT2D eigenvalue weighted by Crippen LogP contribution is -1.98. The summed E-state index contributed by atoms with van der Waals surface area (Å²) >= 11 is 1.24. The minimum Gasteiger partial charge on any atom is -0.478 e. The van der Waals surface area contributed by atoms with Crippen LogP contribution in [0.4, 0.5) is 4.39 Å². The third-order valence-electron chi connectivity index (χ3n) is 2.08. The number of hydrogen-bond donors (Lipinski definition) is 1. The molecule has 0 aliphatic heterocycles. The summed E-state index contributed by atoms with van der Waals surface area (Å²) in [5.41, 5.74) is 0.544. The van der Waals surface area contributed by atoms with E-state index in [1.54, 1.807) is 18.4 Å². The first kappa shape index (κ1) is 9.15. The van der Waals surface area contributed by atoms with Gasteiger partial charge in [-0.1, -0.05) is 0 Å². The van der Waals surface area contributed by atoms with Crippen LogP contribution in [-0.4, -0.2) is 11.1 Å². The Hall–Kier alpha value is -1.42. The van der Waals surface area contributed by atoms with Crippen LogP contribution in [0.1, 0.15) is 15.9 Å². The quantitative estimate of drug-likeness (QED) is 0.785. The maximum absolute atomic E-state index is 13.5. The average molecular weight is 210 g/mol. The summed E-state index contributed by atoms with van der Waals surface area (Å²) in [5.74, 6) is -1.34. The topological polar surface area (TPSA) is 37.3 Å². The van der Waals surface area contributed by atoms with Gasteiger partial charge >= 0.3 is 5.97 Å². The van der Waals surface area contributed by atoms with Crippen LogP contribution in [0.2, 0.25) is 0 Å². The highest BCUT2D eigenvalue weighted by Gasteiger charge is 2.14. The zero-order valence-electron chi connectivity index (χ0n) is 7.37. The van der Waals surface area contributed by atoms with Crippen LogP contribution in [-0.2, 0) is 0 Å². The van der Waals surface area contributed by atoms with Gasteiger partial charge in [0, 0.05) is 5.39 Å². The molecule has 0 fully saturated rings. The molecule has 0 radical (unpaired) electrons. The molecular weight excluding hydrogens is 203 g/mol. The zero-order chi connectivity index (χ0) is 10.3. The molecule has 0 amide bonds. The van der Waals surface area contributed by atoms with Crippen LogP contribution in [0.15, 0.2) is 17.5 Å². The normalized spacial score (nSPS) is 10.7. The third kappa shape index (κ3) is 1.19. The maximum Gasteiger partial charge on any atom is 0.337 e. The Labute approximate surface area is 83.6 Å². The fourth-order valence-electron chi connectivity index (χ4n) is 1.41. The van der Waals surface area contributed by atoms with Gasteiger partial charge in [0.15, 0.2) is 0 Å². The van der Waals surface area contributed by atoms with Crippen molar-refractivity contribution >= 4 is 27.4 Å². The van der Waals surface area contributed by atoms with Crippen molar-refractivity contribution in [1.29, 1.82) is 0 Å². The van der Waals surface area contributed by atoms with E-state index in [9.17, 15) is 9.18 Å². The number of benzene rings is 1. The number of aryl methyl sites for hydroxylation is 1. The molecule has 4 heteroatoms. The molecule has 0 aliphatic rings. The number of hydrogen-bond acceptors (Lipinski definition) is 2. The Bertz CT molecular complexity index is 516. The van der Waals surface area contributed by atoms with Crippen molar-refractivity contribution in [2.45, 2.75) is 6.92 Å². The van der Waals surface area contributed by atoms with Crippen LogP contribution < -0.4 is 0 Å². The first-order valence-corrected chi connectivity index (χ1v) is 4.89. The third-order valence-corrected chi connectivity index (χ3v) is 3.03. The molecule has 0 aliphatic carbocycles. The van der Waals surface area contributed by atoms with E-state index in [0.29, 0.717) is 15.6 Å². The number of rotatable bonds is 1. The SMILES string of the molecule is Cc1cc(C(=O)O)c2sccc2c1F. The summed E-state index contributed by atoms with van der Waals surface area (Å²) in [7, 11) is 0. The molecule has 2 aromatic rings. The first-order valence-electron chi connectivity index (χ1n) is 4.01. The number of aromatic carboxylic acids is 1. The summed E-state index contributed by atoms with van der Waals surface area (Å²) in [6.45, 7) is 1.57. The summed E-state index contributed by atoms with van der Waals surface area (Å²) in [5, 5.41) is 11.0. The van der Waals surface area contributed by atoms with E-state index in [1.165, 1.54) is 17.4 Å². The van der Waals surface area contributed by atoms with Gasteiger partial charge in [-0.05, 0) is 30.0 Å². The van der Waals surface area contributed by atoms with Gasteiger partial charge in [-0.3, -0.25) is 0 Å². The molecule has 1 aromatic heterocycles. The molecule has 0 bridgehead atoms. The molecular formula is C10H7FO2S. The van der Waals surface area contributed by atoms with Crippen molar-refractivity contribution < 1.29 is 14.3 Å². The van der Waals surface area contributed by atoms with Crippen LogP contribution in [0.25, 0.3) is 10.1 Å². The monoisotopic (exact) mass is 210 g/mol. The van der Waals surface area contributed by atoms with Gasteiger partial charge in [-0.2, -0.15) is 0 Å². The van der Waals surface area contributed by atoms with Crippen molar-refractivity contribution in [3.63, 3.8) is 0 Å². The van der Waals surface area contributed by atoms with E-state index in [2.05, 4.69) is 0 Å². The smallest absolute Gasteiger partial charge is 0.337 e. The second-order valence-corrected chi connectivity index (χ2v) is 3.94. The lowest BCUT2D eigenvalue weighted by atomic mass is 10.1. The predicted octanol–water partition coefficient (Wildman–Crippen LogP) is 3.05. The van der Waals surface area contributed by atoms with Gasteiger partial charge in [0.05, 0.1) is 10.3 Å². The summed E-state index contributed by atoms with van der Waals surface area (Å²) in [6, 6.07) is 2.98. The fraction of sp³-hybridized carbons (Fsp3) is 0.100. The standard InChI is InChI=1S/C10H7FO2S/c1-5-4-7(10(12)13)9-6(8(5)11)2-3-14-9/h2-4H,1H3,(H,12,13). The molecule has 1 N–H and O–H groups in total. The largest absolute Gasteiger partial charge is 0.478 e. The van der Waals surface area contributed by atoms with E-state index in [0.717, 1.165) is 0 Å². The van der Waals surface area contributed by atoms with Crippen LogP contribution in [0.5, 0.6) is 0 Å². The summed E-state index contributed by atoms with van der Waals surface area (Å²) in [4.78, 5) is 10.9. The number of carboxylic acid groups (broad SMARTS) is 1. The van der Waals surface area contributed by atoms with Gasteiger partial charge in [-0.15, -0.1) is 11.3 Å². The van der Waals surface area contributed by atoms with Crippen molar-refractivity contribution in [2.24, 2.45) is 0 Å². The van der Waals surface area contributed by atoms with Gasteiger partial charge in [-0.25, -0.2) is 9.18 Å². The van der Waals surface area contributed by atoms with Crippen molar-refractivity contribution in [3.05, 3.63) is 34.5 Å². The van der Waals surface area contributed by atoms with Gasteiger partial charge < -0.3 is 5.11 Å². The molecule has 2 nitrogen and oxygen atoms in total. The van der Waals surface area contributed by atoms with Crippen molar-refractivity contribution in [1.82, 2.24) is 0 Å². The number of fused-ring (bicyclic) bond motifs is 1. The Kier molecular flexibility index (Phi) is 2.00. The summed E-state index contributed by atoms with van der Waals surface area (Å²) in [6.07, 6.45) is 0. The lowest BCUT2D eigenvalue weighted by Gasteiger charge is -2.01. The van der Waals surface area contributed by atoms with E-state index in [4.69, 9.17) is 5.11 Å². The maximum atomic E-state index is 13.5. The van der Waals surface area contributed by atoms with Gasteiger partial charge in [0.2, 0.25) is 0 Å². The van der Waals surface area contributed by atoms with Crippen LogP contribution >= 0.6 is 11.3 Å². The molecule has 0 saturated heterocycles. The molecule has 14 heavy (non-hydrogen) atoms. The zero-order valence-corrected chi connectivity index (χ0v) is 8.19. The number of carbonyl (C=O) groups is 1. The van der Waals surface area contributed by atoms with Gasteiger partial charge in [0.1, 0.15) is 5.82 Å². The summed E-state index contributed by atoms with van der Waals surface area (Å²) < 4.78 is 14.0. The van der Waals surface area contributed by atoms with Crippen LogP contribution in [0.3, 0.4) is 0 Å². The Balaban J connectivity index is 2.91. The number of thiophene rings is 1. The highest BCUT2D eigenvalue weighted by Crippen LogP contribution is 2.29. The molecule has 0 unspecified atom stereocenters. The molecule has 0 saturated carbocycles. The Morgan fingerprint density at radius 3 is 2.93 bits per heavy atom. The highest BCUT2D eigenvalue weighted by molar-refractivity contribution is 7.17. The average Bonchev–Trinajstić information content (AvgIpc) is 2.59. The second-order valence-electron chi connectivity index (χ2n) is 3.02. The predicted molar refractivity (Wildman–Crippen MR) is 53.5 cm³/mol. The Morgan fingerprint density at radius 1 is 1.57 bits per heavy atom. The fourth-order valence-corrected chi connectivity index (χ4v) is 2.31. The van der Waals surface area contributed by atoms with Gasteiger partial charge in [0.25, 0.3) is 0 Å². The highest BCUT2D eigenvalue weighted by atomic mass is 32.1. The molecule has 0 spiro atoms.